The summed E-state index contributed by atoms with van der Waals surface area (Å²) in [6.07, 6.45) is 7.57. The molecule has 5 nitrogen and oxygen atoms in total. The average Bonchev–Trinajstić information content (AvgIpc) is 2.96. The first kappa shape index (κ1) is 21.5. The lowest BCUT2D eigenvalue weighted by molar-refractivity contribution is -0.121. The molecule has 0 spiro atoms. The van der Waals surface area contributed by atoms with Gasteiger partial charge >= 0.3 is 0 Å². The standard InChI is InChI=1S/C16H32N4O.HI/c1-4-6-13-20(3)16(17-5-2)18-12-11-15(21)19-14-9-7-8-10-14;/h14H,4-13H2,1-3H3,(H,17,18)(H,19,21);1H. The van der Waals surface area contributed by atoms with E-state index in [0.29, 0.717) is 19.0 Å². The normalized spacial score (nSPS) is 15.3. The van der Waals surface area contributed by atoms with E-state index in [1.165, 1.54) is 19.3 Å². The Bertz CT molecular complexity index is 330. The highest BCUT2D eigenvalue weighted by molar-refractivity contribution is 14.0. The second kappa shape index (κ2) is 13.0. The summed E-state index contributed by atoms with van der Waals surface area (Å²) >= 11 is 0. The molecule has 1 aliphatic carbocycles. The Hall–Kier alpha value is -0.530. The van der Waals surface area contributed by atoms with Crippen LogP contribution in [0.3, 0.4) is 0 Å². The minimum absolute atomic E-state index is 0. The van der Waals surface area contributed by atoms with Gasteiger partial charge in [-0.3, -0.25) is 9.79 Å². The molecule has 22 heavy (non-hydrogen) atoms. The first-order chi connectivity index (χ1) is 10.2. The van der Waals surface area contributed by atoms with Gasteiger partial charge in [0.05, 0.1) is 6.54 Å². The van der Waals surface area contributed by atoms with Crippen molar-refractivity contribution in [2.24, 2.45) is 4.99 Å². The largest absolute Gasteiger partial charge is 0.357 e. The Morgan fingerprint density at radius 2 is 1.95 bits per heavy atom. The highest BCUT2D eigenvalue weighted by Crippen LogP contribution is 2.17. The zero-order chi connectivity index (χ0) is 15.5. The van der Waals surface area contributed by atoms with E-state index in [-0.39, 0.29) is 29.9 Å². The quantitative estimate of drug-likeness (QED) is 0.358. The number of halogens is 1. The number of guanidine groups is 1. The van der Waals surface area contributed by atoms with Gasteiger partial charge in [0.2, 0.25) is 5.91 Å². The fourth-order valence-electron chi connectivity index (χ4n) is 2.60. The molecule has 0 saturated heterocycles. The summed E-state index contributed by atoms with van der Waals surface area (Å²) in [4.78, 5) is 18.6. The molecule has 1 aliphatic rings. The molecule has 0 unspecified atom stereocenters. The van der Waals surface area contributed by atoms with E-state index in [1.54, 1.807) is 0 Å². The first-order valence-electron chi connectivity index (χ1n) is 8.46. The molecular weight excluding hydrogens is 391 g/mol. The number of carbonyl (C=O) groups is 1. The molecular formula is C16H33IN4O. The molecule has 0 bridgehead atoms. The Morgan fingerprint density at radius 1 is 1.27 bits per heavy atom. The van der Waals surface area contributed by atoms with Crippen molar-refractivity contribution in [1.29, 1.82) is 0 Å². The molecule has 0 aliphatic heterocycles. The van der Waals surface area contributed by atoms with Crippen molar-refractivity contribution in [3.05, 3.63) is 0 Å². The maximum absolute atomic E-state index is 11.9. The number of nitrogens with one attached hydrogen (secondary N) is 2. The van der Waals surface area contributed by atoms with Crippen LogP contribution in [0.15, 0.2) is 4.99 Å². The number of carbonyl (C=O) groups excluding carboxylic acids is 1. The summed E-state index contributed by atoms with van der Waals surface area (Å²) in [5.74, 6) is 1.04. The second-order valence-electron chi connectivity index (χ2n) is 5.81. The van der Waals surface area contributed by atoms with Crippen LogP contribution in [0.5, 0.6) is 0 Å². The molecule has 130 valence electrons. The lowest BCUT2D eigenvalue weighted by Crippen LogP contribution is -2.39. The summed E-state index contributed by atoms with van der Waals surface area (Å²) in [5, 5.41) is 6.39. The van der Waals surface area contributed by atoms with E-state index in [0.717, 1.165) is 38.3 Å². The van der Waals surface area contributed by atoms with Crippen LogP contribution < -0.4 is 10.6 Å². The van der Waals surface area contributed by atoms with Gasteiger partial charge in [0.25, 0.3) is 0 Å². The zero-order valence-electron chi connectivity index (χ0n) is 14.4. The topological polar surface area (TPSA) is 56.7 Å². The lowest BCUT2D eigenvalue weighted by atomic mass is 10.2. The van der Waals surface area contributed by atoms with Crippen molar-refractivity contribution in [3.8, 4) is 0 Å². The third kappa shape index (κ3) is 8.80. The lowest BCUT2D eigenvalue weighted by Gasteiger charge is -2.21. The second-order valence-corrected chi connectivity index (χ2v) is 5.81. The van der Waals surface area contributed by atoms with Gasteiger partial charge in [0.1, 0.15) is 0 Å². The van der Waals surface area contributed by atoms with Crippen molar-refractivity contribution in [1.82, 2.24) is 15.5 Å². The highest BCUT2D eigenvalue weighted by Gasteiger charge is 2.16. The predicted molar refractivity (Wildman–Crippen MR) is 104 cm³/mol. The van der Waals surface area contributed by atoms with Crippen LogP contribution in [-0.4, -0.2) is 49.5 Å². The van der Waals surface area contributed by atoms with E-state index in [4.69, 9.17) is 0 Å². The highest BCUT2D eigenvalue weighted by atomic mass is 127. The van der Waals surface area contributed by atoms with Crippen LogP contribution in [0.2, 0.25) is 0 Å². The van der Waals surface area contributed by atoms with E-state index in [9.17, 15) is 4.79 Å². The van der Waals surface area contributed by atoms with Crippen LogP contribution in [0.4, 0.5) is 0 Å². The van der Waals surface area contributed by atoms with Gasteiger partial charge in [0, 0.05) is 32.6 Å². The van der Waals surface area contributed by atoms with Crippen LogP contribution in [0.25, 0.3) is 0 Å². The van der Waals surface area contributed by atoms with E-state index in [1.807, 2.05) is 0 Å². The summed E-state index contributed by atoms with van der Waals surface area (Å²) in [7, 11) is 2.05. The molecule has 1 amide bonds. The predicted octanol–water partition coefficient (Wildman–Crippen LogP) is 2.75. The third-order valence-corrected chi connectivity index (χ3v) is 3.86. The smallest absolute Gasteiger partial charge is 0.222 e. The van der Waals surface area contributed by atoms with Crippen molar-refractivity contribution < 1.29 is 4.79 Å². The molecule has 1 saturated carbocycles. The molecule has 6 heteroatoms. The van der Waals surface area contributed by atoms with Gasteiger partial charge in [-0.25, -0.2) is 0 Å². The van der Waals surface area contributed by atoms with E-state index >= 15 is 0 Å². The molecule has 0 radical (unpaired) electrons. The van der Waals surface area contributed by atoms with E-state index < -0.39 is 0 Å². The van der Waals surface area contributed by atoms with Crippen molar-refractivity contribution in [2.75, 3.05) is 26.7 Å². The van der Waals surface area contributed by atoms with Crippen molar-refractivity contribution >= 4 is 35.8 Å². The average molecular weight is 424 g/mol. The van der Waals surface area contributed by atoms with Crippen molar-refractivity contribution in [3.63, 3.8) is 0 Å². The third-order valence-electron chi connectivity index (χ3n) is 3.86. The van der Waals surface area contributed by atoms with Gasteiger partial charge in [0.15, 0.2) is 5.96 Å². The number of aliphatic imine (C=N–C) groups is 1. The maximum Gasteiger partial charge on any atom is 0.222 e. The van der Waals surface area contributed by atoms with Gasteiger partial charge in [-0.1, -0.05) is 26.2 Å². The van der Waals surface area contributed by atoms with E-state index in [2.05, 4.69) is 41.4 Å². The molecule has 0 heterocycles. The molecule has 2 N–H and O–H groups in total. The van der Waals surface area contributed by atoms with Gasteiger partial charge in [-0.05, 0) is 26.2 Å². The monoisotopic (exact) mass is 424 g/mol. The summed E-state index contributed by atoms with van der Waals surface area (Å²) < 4.78 is 0. The first-order valence-corrected chi connectivity index (χ1v) is 8.46. The molecule has 1 rings (SSSR count). The van der Waals surface area contributed by atoms with Crippen molar-refractivity contribution in [2.45, 2.75) is 64.8 Å². The number of nitrogens with zero attached hydrogens (tertiary/aromatic N) is 2. The number of amides is 1. The molecule has 0 aromatic heterocycles. The molecule has 0 aromatic rings. The summed E-state index contributed by atoms with van der Waals surface area (Å²) in [6, 6.07) is 0.405. The minimum Gasteiger partial charge on any atom is -0.357 e. The SMILES string of the molecule is CCCCN(C)C(=NCCC(=O)NC1CCCC1)NCC.I. The Labute approximate surface area is 152 Å². The number of rotatable bonds is 8. The van der Waals surface area contributed by atoms with Gasteiger partial charge in [-0.2, -0.15) is 0 Å². The van der Waals surface area contributed by atoms with Gasteiger partial charge < -0.3 is 15.5 Å². The van der Waals surface area contributed by atoms with Crippen LogP contribution in [-0.2, 0) is 4.79 Å². The fourth-order valence-corrected chi connectivity index (χ4v) is 2.60. The Balaban J connectivity index is 0.00000441. The molecule has 0 atom stereocenters. The number of unbranched alkanes of at least 4 members (excludes halogenated alkanes) is 1. The van der Waals surface area contributed by atoms with Crippen LogP contribution >= 0.6 is 24.0 Å². The van der Waals surface area contributed by atoms with Gasteiger partial charge in [-0.15, -0.1) is 24.0 Å². The number of hydrogen-bond donors (Lipinski definition) is 2. The van der Waals surface area contributed by atoms with Crippen LogP contribution in [0.1, 0.15) is 58.8 Å². The summed E-state index contributed by atoms with van der Waals surface area (Å²) in [6.45, 7) is 6.65. The molecule has 0 aromatic carbocycles. The zero-order valence-corrected chi connectivity index (χ0v) is 16.7. The maximum atomic E-state index is 11.9. The van der Waals surface area contributed by atoms with Crippen LogP contribution in [0, 0.1) is 0 Å². The Morgan fingerprint density at radius 3 is 2.55 bits per heavy atom. The minimum atomic E-state index is 0. The Kier molecular flexibility index (Phi) is 12.6. The fraction of sp³-hybridized carbons (Fsp3) is 0.875. The summed E-state index contributed by atoms with van der Waals surface area (Å²) in [5.41, 5.74) is 0. The molecule has 1 fully saturated rings. The number of hydrogen-bond acceptors (Lipinski definition) is 2.